The van der Waals surface area contributed by atoms with Gasteiger partial charge in [-0.05, 0) is 50.7 Å². The van der Waals surface area contributed by atoms with Gasteiger partial charge in [-0.2, -0.15) is 0 Å². The van der Waals surface area contributed by atoms with Crippen molar-refractivity contribution in [2.24, 2.45) is 0 Å². The molecule has 0 aromatic carbocycles. The second kappa shape index (κ2) is 8.39. The lowest BCUT2D eigenvalue weighted by molar-refractivity contribution is 0.0504. The summed E-state index contributed by atoms with van der Waals surface area (Å²) < 4.78 is 5.60. The third kappa shape index (κ3) is 4.87. The minimum atomic E-state index is 0.192. The van der Waals surface area contributed by atoms with Crippen LogP contribution in [0.25, 0.3) is 10.3 Å². The van der Waals surface area contributed by atoms with Crippen LogP contribution >= 0.6 is 11.3 Å². The van der Waals surface area contributed by atoms with Gasteiger partial charge in [0, 0.05) is 25.9 Å². The van der Waals surface area contributed by atoms with Gasteiger partial charge < -0.3 is 15.8 Å². The SMILES string of the molecule is CCOC(C)CN(C)Cc1cc(N)nc(Nc2nc3cccnc3s2)c1. The fraction of sp³-hybridized carbons (Fsp3) is 0.389. The molecule has 8 heteroatoms. The van der Waals surface area contributed by atoms with Crippen LogP contribution in [0, 0.1) is 0 Å². The van der Waals surface area contributed by atoms with E-state index in [-0.39, 0.29) is 6.10 Å². The van der Waals surface area contributed by atoms with Gasteiger partial charge in [-0.1, -0.05) is 11.3 Å². The molecule has 0 aliphatic carbocycles. The number of nitrogens with zero attached hydrogens (tertiary/aromatic N) is 4. The van der Waals surface area contributed by atoms with Crippen molar-refractivity contribution < 1.29 is 4.74 Å². The largest absolute Gasteiger partial charge is 0.384 e. The van der Waals surface area contributed by atoms with Crippen LogP contribution in [0.4, 0.5) is 16.8 Å². The molecule has 1 unspecified atom stereocenters. The number of nitrogens with one attached hydrogen (secondary N) is 1. The number of rotatable bonds is 8. The number of pyridine rings is 2. The quantitative estimate of drug-likeness (QED) is 0.627. The van der Waals surface area contributed by atoms with Crippen molar-refractivity contribution in [2.75, 3.05) is 31.2 Å². The number of likely N-dealkylation sites (N-methyl/N-ethyl adjacent to an activating group) is 1. The third-order valence-electron chi connectivity index (χ3n) is 3.78. The molecule has 7 nitrogen and oxygen atoms in total. The Morgan fingerprint density at radius 1 is 1.35 bits per heavy atom. The molecule has 0 amide bonds. The molecular weight excluding hydrogens is 348 g/mol. The summed E-state index contributed by atoms with van der Waals surface area (Å²) >= 11 is 1.49. The molecule has 0 spiro atoms. The monoisotopic (exact) mass is 372 g/mol. The van der Waals surface area contributed by atoms with E-state index in [2.05, 4.69) is 39.1 Å². The van der Waals surface area contributed by atoms with Crippen LogP contribution in [-0.2, 0) is 11.3 Å². The Labute approximate surface area is 157 Å². The lowest BCUT2D eigenvalue weighted by Gasteiger charge is -2.21. The van der Waals surface area contributed by atoms with Gasteiger partial charge >= 0.3 is 0 Å². The van der Waals surface area contributed by atoms with Gasteiger partial charge in [-0.25, -0.2) is 15.0 Å². The number of fused-ring (bicyclic) bond motifs is 1. The number of hydrogen-bond acceptors (Lipinski definition) is 8. The predicted molar refractivity (Wildman–Crippen MR) is 107 cm³/mol. The number of hydrogen-bond donors (Lipinski definition) is 2. The Hall–Kier alpha value is -2.29. The third-order valence-corrected chi connectivity index (χ3v) is 4.67. The number of nitrogen functional groups attached to an aromatic ring is 1. The zero-order valence-corrected chi connectivity index (χ0v) is 16.1. The molecule has 0 saturated carbocycles. The van der Waals surface area contributed by atoms with Crippen LogP contribution in [0.3, 0.4) is 0 Å². The van der Waals surface area contributed by atoms with Crippen molar-refractivity contribution in [2.45, 2.75) is 26.5 Å². The lowest BCUT2D eigenvalue weighted by Crippen LogP contribution is -2.28. The molecule has 0 fully saturated rings. The van der Waals surface area contributed by atoms with E-state index in [1.807, 2.05) is 31.2 Å². The summed E-state index contributed by atoms with van der Waals surface area (Å²) in [7, 11) is 2.07. The summed E-state index contributed by atoms with van der Waals surface area (Å²) in [6.07, 6.45) is 1.96. The first kappa shape index (κ1) is 18.5. The number of anilines is 3. The van der Waals surface area contributed by atoms with Gasteiger partial charge in [0.15, 0.2) is 5.13 Å². The van der Waals surface area contributed by atoms with E-state index in [0.29, 0.717) is 11.6 Å². The second-order valence-electron chi connectivity index (χ2n) is 6.22. The fourth-order valence-electron chi connectivity index (χ4n) is 2.85. The first-order chi connectivity index (χ1) is 12.5. The molecule has 0 bridgehead atoms. The summed E-state index contributed by atoms with van der Waals surface area (Å²) in [6, 6.07) is 7.71. The van der Waals surface area contributed by atoms with Crippen LogP contribution in [0.15, 0.2) is 30.5 Å². The molecule has 3 rings (SSSR count). The molecule has 3 heterocycles. The summed E-state index contributed by atoms with van der Waals surface area (Å²) in [5.74, 6) is 1.17. The van der Waals surface area contributed by atoms with Gasteiger partial charge in [0.25, 0.3) is 0 Å². The summed E-state index contributed by atoms with van der Waals surface area (Å²) in [5, 5.41) is 3.99. The maximum absolute atomic E-state index is 5.99. The molecular formula is C18H24N6OS. The average Bonchev–Trinajstić information content (AvgIpc) is 2.96. The van der Waals surface area contributed by atoms with Crippen LogP contribution in [0.2, 0.25) is 0 Å². The minimum Gasteiger partial charge on any atom is -0.384 e. The van der Waals surface area contributed by atoms with E-state index < -0.39 is 0 Å². The van der Waals surface area contributed by atoms with Crippen LogP contribution in [0.1, 0.15) is 19.4 Å². The van der Waals surface area contributed by atoms with E-state index >= 15 is 0 Å². The average molecular weight is 372 g/mol. The highest BCUT2D eigenvalue weighted by Crippen LogP contribution is 2.26. The predicted octanol–water partition coefficient (Wildman–Crippen LogP) is 3.27. The Morgan fingerprint density at radius 3 is 2.96 bits per heavy atom. The van der Waals surface area contributed by atoms with Gasteiger partial charge in [0.05, 0.1) is 6.10 Å². The standard InChI is InChI=1S/C18H24N6OS/c1-4-25-12(2)10-24(3)11-13-8-15(19)22-16(9-13)23-18-21-14-6-5-7-20-17(14)26-18/h5-9,12H,4,10-11H2,1-3H3,(H3,19,21,22,23). The Balaban J connectivity index is 1.70. The smallest absolute Gasteiger partial charge is 0.190 e. The molecule has 0 aliphatic rings. The molecule has 0 aliphatic heterocycles. The number of aromatic nitrogens is 3. The van der Waals surface area contributed by atoms with Crippen LogP contribution in [0.5, 0.6) is 0 Å². The second-order valence-corrected chi connectivity index (χ2v) is 7.20. The van der Waals surface area contributed by atoms with Gasteiger partial charge in [0.1, 0.15) is 22.0 Å². The van der Waals surface area contributed by atoms with Crippen molar-refractivity contribution in [3.8, 4) is 0 Å². The summed E-state index contributed by atoms with van der Waals surface area (Å²) in [5.41, 5.74) is 7.95. The van der Waals surface area contributed by atoms with Crippen molar-refractivity contribution >= 4 is 38.5 Å². The topological polar surface area (TPSA) is 89.2 Å². The number of nitrogens with two attached hydrogens (primary N) is 1. The highest BCUT2D eigenvalue weighted by Gasteiger charge is 2.10. The van der Waals surface area contributed by atoms with Crippen molar-refractivity contribution in [1.29, 1.82) is 0 Å². The van der Waals surface area contributed by atoms with Crippen LogP contribution in [-0.4, -0.2) is 46.2 Å². The Kier molecular flexibility index (Phi) is 5.97. The number of ether oxygens (including phenoxy) is 1. The molecule has 3 N–H and O–H groups in total. The highest BCUT2D eigenvalue weighted by molar-refractivity contribution is 7.21. The Bertz CT molecular complexity index is 835. The van der Waals surface area contributed by atoms with Crippen LogP contribution < -0.4 is 11.1 Å². The molecule has 3 aromatic rings. The number of thiazole rings is 1. The highest BCUT2D eigenvalue weighted by atomic mass is 32.1. The normalized spacial score (nSPS) is 12.6. The van der Waals surface area contributed by atoms with Crippen molar-refractivity contribution in [3.63, 3.8) is 0 Å². The first-order valence-electron chi connectivity index (χ1n) is 8.58. The maximum atomic E-state index is 5.99. The van der Waals surface area contributed by atoms with Crippen molar-refractivity contribution in [3.05, 3.63) is 36.0 Å². The van der Waals surface area contributed by atoms with Gasteiger partial charge in [-0.3, -0.25) is 4.90 Å². The fourth-order valence-corrected chi connectivity index (χ4v) is 3.67. The van der Waals surface area contributed by atoms with E-state index in [0.717, 1.165) is 40.7 Å². The molecule has 26 heavy (non-hydrogen) atoms. The summed E-state index contributed by atoms with van der Waals surface area (Å²) in [4.78, 5) is 16.3. The molecule has 1 atom stereocenters. The molecule has 0 saturated heterocycles. The van der Waals surface area contributed by atoms with Gasteiger partial charge in [-0.15, -0.1) is 0 Å². The van der Waals surface area contributed by atoms with Crippen molar-refractivity contribution in [1.82, 2.24) is 19.9 Å². The zero-order chi connectivity index (χ0) is 18.5. The van der Waals surface area contributed by atoms with Gasteiger partial charge in [0.2, 0.25) is 0 Å². The van der Waals surface area contributed by atoms with E-state index in [9.17, 15) is 0 Å². The first-order valence-corrected chi connectivity index (χ1v) is 9.40. The molecule has 3 aromatic heterocycles. The molecule has 0 radical (unpaired) electrons. The van der Waals surface area contributed by atoms with E-state index in [1.54, 1.807) is 6.20 Å². The molecule has 138 valence electrons. The maximum Gasteiger partial charge on any atom is 0.190 e. The minimum absolute atomic E-state index is 0.192. The Morgan fingerprint density at radius 2 is 2.19 bits per heavy atom. The lowest BCUT2D eigenvalue weighted by atomic mass is 10.2. The summed E-state index contributed by atoms with van der Waals surface area (Å²) in [6.45, 7) is 6.43. The van der Waals surface area contributed by atoms with E-state index in [1.165, 1.54) is 11.3 Å². The zero-order valence-electron chi connectivity index (χ0n) is 15.3. The van der Waals surface area contributed by atoms with E-state index in [4.69, 9.17) is 10.5 Å².